The first-order valence-corrected chi connectivity index (χ1v) is 6.85. The van der Waals surface area contributed by atoms with Crippen LogP contribution in [0.4, 0.5) is 5.69 Å². The molecule has 1 unspecified atom stereocenters. The molecule has 1 N–H and O–H groups in total. The fraction of sp³-hybridized carbons (Fsp3) is 0.600. The highest BCUT2D eigenvalue weighted by atomic mass is 15.2. The summed E-state index contributed by atoms with van der Waals surface area (Å²) in [5.41, 5.74) is 5.77. The van der Waals surface area contributed by atoms with Gasteiger partial charge in [0, 0.05) is 18.3 Å². The summed E-state index contributed by atoms with van der Waals surface area (Å²) >= 11 is 0. The van der Waals surface area contributed by atoms with Gasteiger partial charge in [-0.05, 0) is 69.0 Å². The van der Waals surface area contributed by atoms with Crippen molar-refractivity contribution in [1.82, 2.24) is 4.90 Å². The van der Waals surface area contributed by atoms with Gasteiger partial charge in [-0.3, -0.25) is 4.90 Å². The van der Waals surface area contributed by atoms with Gasteiger partial charge in [-0.1, -0.05) is 6.07 Å². The van der Waals surface area contributed by atoms with E-state index in [-0.39, 0.29) is 0 Å². The van der Waals surface area contributed by atoms with Crippen LogP contribution in [0.15, 0.2) is 12.1 Å². The molecule has 1 aromatic rings. The normalized spacial score (nSPS) is 24.5. The Hall–Kier alpha value is -1.02. The second kappa shape index (κ2) is 4.34. The molecule has 2 aliphatic rings. The van der Waals surface area contributed by atoms with Gasteiger partial charge in [-0.15, -0.1) is 0 Å². The zero-order valence-corrected chi connectivity index (χ0v) is 10.9. The summed E-state index contributed by atoms with van der Waals surface area (Å²) in [5, 5.41) is 3.57. The summed E-state index contributed by atoms with van der Waals surface area (Å²) in [6.45, 7) is 8.15. The predicted octanol–water partition coefficient (Wildman–Crippen LogP) is 3.26. The van der Waals surface area contributed by atoms with Crippen molar-refractivity contribution in [3.8, 4) is 0 Å². The second-order valence-electron chi connectivity index (χ2n) is 5.52. The van der Waals surface area contributed by atoms with Crippen molar-refractivity contribution in [1.29, 1.82) is 0 Å². The van der Waals surface area contributed by atoms with E-state index >= 15 is 0 Å². The van der Waals surface area contributed by atoms with Crippen molar-refractivity contribution in [3.05, 3.63) is 28.8 Å². The number of hydrogen-bond donors (Lipinski definition) is 1. The number of hydrogen-bond acceptors (Lipinski definition) is 2. The monoisotopic (exact) mass is 230 g/mol. The average molecular weight is 230 g/mol. The lowest BCUT2D eigenvalue weighted by Gasteiger charge is -2.35. The number of nitrogens with zero attached hydrogens (tertiary/aromatic N) is 1. The Morgan fingerprint density at radius 2 is 1.94 bits per heavy atom. The Morgan fingerprint density at radius 1 is 1.18 bits per heavy atom. The summed E-state index contributed by atoms with van der Waals surface area (Å²) in [6, 6.07) is 5.30. The van der Waals surface area contributed by atoms with Crippen LogP contribution < -0.4 is 5.32 Å². The summed E-state index contributed by atoms with van der Waals surface area (Å²) < 4.78 is 0. The third kappa shape index (κ3) is 1.95. The lowest BCUT2D eigenvalue weighted by atomic mass is 9.91. The maximum atomic E-state index is 3.57. The molecule has 1 fully saturated rings. The zero-order chi connectivity index (χ0) is 11.8. The van der Waals surface area contributed by atoms with Gasteiger partial charge in [0.15, 0.2) is 0 Å². The van der Waals surface area contributed by atoms with Crippen molar-refractivity contribution >= 4 is 5.69 Å². The summed E-state index contributed by atoms with van der Waals surface area (Å²) in [6.07, 6.45) is 4.02. The lowest BCUT2D eigenvalue weighted by Crippen LogP contribution is -2.31. The molecule has 0 bridgehead atoms. The van der Waals surface area contributed by atoms with Crippen LogP contribution in [0.25, 0.3) is 0 Å². The quantitative estimate of drug-likeness (QED) is 0.796. The molecule has 0 aromatic heterocycles. The van der Waals surface area contributed by atoms with Gasteiger partial charge >= 0.3 is 0 Å². The van der Waals surface area contributed by atoms with E-state index in [0.717, 1.165) is 6.54 Å². The van der Waals surface area contributed by atoms with Gasteiger partial charge in [0.2, 0.25) is 0 Å². The van der Waals surface area contributed by atoms with Crippen LogP contribution in [0.2, 0.25) is 0 Å². The molecule has 92 valence electrons. The molecule has 2 aliphatic heterocycles. The van der Waals surface area contributed by atoms with Gasteiger partial charge in [-0.2, -0.15) is 0 Å². The molecule has 2 heterocycles. The Kier molecular flexibility index (Phi) is 2.83. The van der Waals surface area contributed by atoms with E-state index in [1.165, 1.54) is 49.2 Å². The molecule has 1 aromatic carbocycles. The van der Waals surface area contributed by atoms with Gasteiger partial charge in [0.25, 0.3) is 0 Å². The number of rotatable bonds is 1. The highest BCUT2D eigenvalue weighted by molar-refractivity contribution is 5.59. The van der Waals surface area contributed by atoms with E-state index < -0.39 is 0 Å². The van der Waals surface area contributed by atoms with Crippen LogP contribution >= 0.6 is 0 Å². The van der Waals surface area contributed by atoms with Crippen molar-refractivity contribution < 1.29 is 0 Å². The SMILES string of the molecule is Cc1cc(C)c2c(c1)NCCC2N1CCCC1. The minimum atomic E-state index is 0.661. The molecule has 0 radical (unpaired) electrons. The number of benzene rings is 1. The first-order chi connectivity index (χ1) is 8.25. The molecule has 0 amide bonds. The Morgan fingerprint density at radius 3 is 2.71 bits per heavy atom. The zero-order valence-electron chi connectivity index (χ0n) is 10.9. The van der Waals surface area contributed by atoms with E-state index in [4.69, 9.17) is 0 Å². The number of aryl methyl sites for hydroxylation is 2. The third-order valence-corrected chi connectivity index (χ3v) is 4.18. The van der Waals surface area contributed by atoms with E-state index in [0.29, 0.717) is 6.04 Å². The minimum Gasteiger partial charge on any atom is -0.385 e. The number of fused-ring (bicyclic) bond motifs is 1. The molecular weight excluding hydrogens is 208 g/mol. The first-order valence-electron chi connectivity index (χ1n) is 6.85. The van der Waals surface area contributed by atoms with Crippen LogP contribution in [0.5, 0.6) is 0 Å². The van der Waals surface area contributed by atoms with Crippen LogP contribution in [-0.4, -0.2) is 24.5 Å². The van der Waals surface area contributed by atoms with E-state index in [2.05, 4.69) is 36.2 Å². The van der Waals surface area contributed by atoms with Crippen molar-refractivity contribution in [3.63, 3.8) is 0 Å². The standard InChI is InChI=1S/C15H22N2/c1-11-9-12(2)15-13(10-11)16-6-5-14(15)17-7-3-4-8-17/h9-10,14,16H,3-8H2,1-2H3. The van der Waals surface area contributed by atoms with Crippen LogP contribution in [-0.2, 0) is 0 Å². The summed E-state index contributed by atoms with van der Waals surface area (Å²) in [7, 11) is 0. The molecule has 17 heavy (non-hydrogen) atoms. The van der Waals surface area contributed by atoms with Crippen molar-refractivity contribution in [2.24, 2.45) is 0 Å². The van der Waals surface area contributed by atoms with E-state index in [9.17, 15) is 0 Å². The second-order valence-corrected chi connectivity index (χ2v) is 5.52. The van der Waals surface area contributed by atoms with Crippen LogP contribution in [0.3, 0.4) is 0 Å². The topological polar surface area (TPSA) is 15.3 Å². The molecule has 1 saturated heterocycles. The predicted molar refractivity (Wildman–Crippen MR) is 72.6 cm³/mol. The maximum Gasteiger partial charge on any atom is 0.0394 e. The average Bonchev–Trinajstić information content (AvgIpc) is 2.80. The molecule has 0 saturated carbocycles. The highest BCUT2D eigenvalue weighted by Gasteiger charge is 2.28. The largest absolute Gasteiger partial charge is 0.385 e. The highest BCUT2D eigenvalue weighted by Crippen LogP contribution is 2.38. The molecule has 0 spiro atoms. The summed E-state index contributed by atoms with van der Waals surface area (Å²) in [5.74, 6) is 0. The lowest BCUT2D eigenvalue weighted by molar-refractivity contribution is 0.233. The number of likely N-dealkylation sites (tertiary alicyclic amines) is 1. The molecule has 2 heteroatoms. The Bertz CT molecular complexity index is 419. The molecule has 2 nitrogen and oxygen atoms in total. The Labute approximate surface area is 104 Å². The first kappa shape index (κ1) is 11.1. The molecule has 0 aliphatic carbocycles. The van der Waals surface area contributed by atoms with E-state index in [1.54, 1.807) is 5.56 Å². The van der Waals surface area contributed by atoms with Gasteiger partial charge in [-0.25, -0.2) is 0 Å². The smallest absolute Gasteiger partial charge is 0.0394 e. The minimum absolute atomic E-state index is 0.661. The maximum absolute atomic E-state index is 3.57. The van der Waals surface area contributed by atoms with Crippen LogP contribution in [0.1, 0.15) is 42.0 Å². The van der Waals surface area contributed by atoms with Crippen molar-refractivity contribution in [2.75, 3.05) is 25.0 Å². The van der Waals surface area contributed by atoms with E-state index in [1.807, 2.05) is 0 Å². The van der Waals surface area contributed by atoms with Crippen molar-refractivity contribution in [2.45, 2.75) is 39.2 Å². The van der Waals surface area contributed by atoms with Crippen LogP contribution in [0, 0.1) is 13.8 Å². The fourth-order valence-electron chi connectivity index (χ4n) is 3.47. The number of nitrogens with one attached hydrogen (secondary N) is 1. The van der Waals surface area contributed by atoms with Gasteiger partial charge in [0.05, 0.1) is 0 Å². The van der Waals surface area contributed by atoms with Gasteiger partial charge in [0.1, 0.15) is 0 Å². The summed E-state index contributed by atoms with van der Waals surface area (Å²) in [4.78, 5) is 2.68. The molecule has 3 rings (SSSR count). The molecular formula is C15H22N2. The number of anilines is 1. The van der Waals surface area contributed by atoms with Gasteiger partial charge < -0.3 is 5.32 Å². The fourth-order valence-corrected chi connectivity index (χ4v) is 3.47. The Balaban J connectivity index is 2.00. The molecule has 1 atom stereocenters. The third-order valence-electron chi connectivity index (χ3n) is 4.18.